The highest BCUT2D eigenvalue weighted by atomic mass is 32.2. The van der Waals surface area contributed by atoms with E-state index in [2.05, 4.69) is 10.2 Å². The van der Waals surface area contributed by atoms with Gasteiger partial charge in [-0.15, -0.1) is 22.0 Å². The standard InChI is InChI=1S/C14H16N4O5S4/c1-2-23-7(19)5-26-14-17-16-13(27-14)25-4-6-3-24-11-8(15)10(20)18(11)9(6)12(21)22/h8,11H,2-5,15H2,1H3,(H,21,22)/t8?,11-/m0/s1. The molecule has 0 spiro atoms. The number of aromatic nitrogens is 2. The molecule has 1 saturated heterocycles. The molecule has 1 fully saturated rings. The second-order valence-electron chi connectivity index (χ2n) is 5.41. The molecule has 1 unspecified atom stereocenters. The molecular formula is C14H16N4O5S4. The van der Waals surface area contributed by atoms with Gasteiger partial charge in [0.2, 0.25) is 5.91 Å². The Labute approximate surface area is 171 Å². The van der Waals surface area contributed by atoms with Crippen molar-refractivity contribution in [2.45, 2.75) is 27.0 Å². The molecule has 13 heteroatoms. The maximum absolute atomic E-state index is 11.9. The van der Waals surface area contributed by atoms with Gasteiger partial charge in [0.05, 0.1) is 12.4 Å². The molecule has 0 bridgehead atoms. The average Bonchev–Trinajstić information content (AvgIpc) is 3.11. The summed E-state index contributed by atoms with van der Waals surface area (Å²) in [5.41, 5.74) is 6.42. The van der Waals surface area contributed by atoms with Gasteiger partial charge in [0.25, 0.3) is 0 Å². The zero-order chi connectivity index (χ0) is 19.6. The van der Waals surface area contributed by atoms with E-state index in [-0.39, 0.29) is 28.7 Å². The van der Waals surface area contributed by atoms with Crippen LogP contribution in [-0.4, -0.2) is 73.3 Å². The molecular weight excluding hydrogens is 432 g/mol. The summed E-state index contributed by atoms with van der Waals surface area (Å²) >= 11 is 5.39. The Morgan fingerprint density at radius 2 is 2.07 bits per heavy atom. The Hall–Kier alpha value is -1.28. The van der Waals surface area contributed by atoms with Crippen molar-refractivity contribution in [3.8, 4) is 0 Å². The molecule has 0 aromatic carbocycles. The number of hydrogen-bond acceptors (Lipinski definition) is 11. The van der Waals surface area contributed by atoms with Crippen LogP contribution < -0.4 is 5.73 Å². The summed E-state index contributed by atoms with van der Waals surface area (Å²) in [4.78, 5) is 36.2. The number of esters is 1. The number of carbonyl (C=O) groups is 3. The molecule has 3 rings (SSSR count). The van der Waals surface area contributed by atoms with Crippen LogP contribution >= 0.6 is 46.6 Å². The number of nitrogens with zero attached hydrogens (tertiary/aromatic N) is 3. The van der Waals surface area contributed by atoms with Crippen molar-refractivity contribution in [2.75, 3.05) is 23.9 Å². The van der Waals surface area contributed by atoms with Crippen molar-refractivity contribution in [1.82, 2.24) is 15.1 Å². The van der Waals surface area contributed by atoms with E-state index in [0.717, 1.165) is 0 Å². The lowest BCUT2D eigenvalue weighted by atomic mass is 10.0. The Morgan fingerprint density at radius 3 is 2.74 bits per heavy atom. The highest BCUT2D eigenvalue weighted by Gasteiger charge is 2.51. The second kappa shape index (κ2) is 8.82. The van der Waals surface area contributed by atoms with E-state index >= 15 is 0 Å². The monoisotopic (exact) mass is 448 g/mol. The lowest BCUT2D eigenvalue weighted by Crippen LogP contribution is -2.68. The van der Waals surface area contributed by atoms with Gasteiger partial charge in [0.15, 0.2) is 8.68 Å². The molecule has 3 N–H and O–H groups in total. The molecule has 0 saturated carbocycles. The van der Waals surface area contributed by atoms with Crippen molar-refractivity contribution in [3.05, 3.63) is 11.3 Å². The third kappa shape index (κ3) is 4.42. The topological polar surface area (TPSA) is 136 Å². The number of carboxylic acids is 1. The Bertz CT molecular complexity index is 798. The molecule has 146 valence electrons. The Balaban J connectivity index is 1.61. The van der Waals surface area contributed by atoms with Gasteiger partial charge in [0, 0.05) is 11.5 Å². The minimum absolute atomic E-state index is 0.0272. The van der Waals surface area contributed by atoms with Crippen LogP contribution in [0.1, 0.15) is 6.92 Å². The van der Waals surface area contributed by atoms with Crippen molar-refractivity contribution >= 4 is 64.5 Å². The first-order chi connectivity index (χ1) is 12.9. The second-order valence-corrected chi connectivity index (χ2v) is 9.94. The molecule has 27 heavy (non-hydrogen) atoms. The van der Waals surface area contributed by atoms with Crippen LogP contribution in [0.5, 0.6) is 0 Å². The van der Waals surface area contributed by atoms with E-state index in [0.29, 0.717) is 32.4 Å². The lowest BCUT2D eigenvalue weighted by molar-refractivity contribution is -0.147. The molecule has 9 nitrogen and oxygen atoms in total. The van der Waals surface area contributed by atoms with E-state index < -0.39 is 12.0 Å². The summed E-state index contributed by atoms with van der Waals surface area (Å²) in [5.74, 6) is -0.747. The molecule has 0 radical (unpaired) electrons. The van der Waals surface area contributed by atoms with E-state index in [4.69, 9.17) is 10.5 Å². The largest absolute Gasteiger partial charge is 0.477 e. The van der Waals surface area contributed by atoms with Crippen LogP contribution in [0.4, 0.5) is 0 Å². The van der Waals surface area contributed by atoms with Crippen LogP contribution in [0.15, 0.2) is 19.9 Å². The van der Waals surface area contributed by atoms with Gasteiger partial charge >= 0.3 is 11.9 Å². The zero-order valence-corrected chi connectivity index (χ0v) is 17.4. The van der Waals surface area contributed by atoms with Crippen LogP contribution in [0, 0.1) is 0 Å². The average molecular weight is 449 g/mol. The van der Waals surface area contributed by atoms with E-state index in [1.165, 1.54) is 51.5 Å². The lowest BCUT2D eigenvalue weighted by Gasteiger charge is -2.48. The molecule has 2 aliphatic rings. The number of β-lactam (4-membered cyclic amide) rings is 1. The smallest absolute Gasteiger partial charge is 0.352 e. The summed E-state index contributed by atoms with van der Waals surface area (Å²) in [6.07, 6.45) is 0. The molecule has 1 aromatic rings. The summed E-state index contributed by atoms with van der Waals surface area (Å²) in [5, 5.41) is 17.3. The number of hydrogen-bond donors (Lipinski definition) is 2. The SMILES string of the molecule is CCOC(=O)CSc1nnc(SCC2=C(C(=O)O)N3C(=O)C(N)[C@@H]3SC2)s1. The summed E-state index contributed by atoms with van der Waals surface area (Å²) in [6, 6.07) is -0.638. The van der Waals surface area contributed by atoms with Gasteiger partial charge in [0.1, 0.15) is 17.1 Å². The van der Waals surface area contributed by atoms with Crippen LogP contribution in [0.2, 0.25) is 0 Å². The first kappa shape index (κ1) is 20.5. The molecule has 1 amide bonds. The minimum atomic E-state index is -1.13. The number of thioether (sulfide) groups is 3. The van der Waals surface area contributed by atoms with E-state index in [1.54, 1.807) is 6.92 Å². The number of ether oxygens (including phenoxy) is 1. The Kier molecular flexibility index (Phi) is 6.68. The molecule has 3 heterocycles. The van der Waals surface area contributed by atoms with E-state index in [9.17, 15) is 19.5 Å². The van der Waals surface area contributed by atoms with Crippen molar-refractivity contribution < 1.29 is 24.2 Å². The molecule has 2 atom stereocenters. The molecule has 2 aliphatic heterocycles. The van der Waals surface area contributed by atoms with Gasteiger partial charge < -0.3 is 15.6 Å². The van der Waals surface area contributed by atoms with Crippen molar-refractivity contribution in [2.24, 2.45) is 5.73 Å². The number of carboxylic acid groups (broad SMARTS) is 1. The molecule has 0 aliphatic carbocycles. The molecule has 1 aromatic heterocycles. The highest BCUT2D eigenvalue weighted by Crippen LogP contribution is 2.41. The number of nitrogens with two attached hydrogens (primary N) is 1. The van der Waals surface area contributed by atoms with E-state index in [1.807, 2.05) is 0 Å². The maximum Gasteiger partial charge on any atom is 0.352 e. The Morgan fingerprint density at radius 1 is 1.37 bits per heavy atom. The van der Waals surface area contributed by atoms with Crippen LogP contribution in [0.25, 0.3) is 0 Å². The quantitative estimate of drug-likeness (QED) is 0.333. The fourth-order valence-electron chi connectivity index (χ4n) is 2.48. The number of aliphatic carboxylic acids is 1. The maximum atomic E-state index is 11.9. The number of rotatable bonds is 8. The number of amides is 1. The highest BCUT2D eigenvalue weighted by molar-refractivity contribution is 8.03. The van der Waals surface area contributed by atoms with Crippen LogP contribution in [-0.2, 0) is 19.1 Å². The predicted molar refractivity (Wildman–Crippen MR) is 104 cm³/mol. The summed E-state index contributed by atoms with van der Waals surface area (Å²) in [6.45, 7) is 2.08. The minimum Gasteiger partial charge on any atom is -0.477 e. The van der Waals surface area contributed by atoms with Gasteiger partial charge in [-0.1, -0.05) is 34.9 Å². The predicted octanol–water partition coefficient (Wildman–Crippen LogP) is 0.867. The first-order valence-electron chi connectivity index (χ1n) is 7.82. The van der Waals surface area contributed by atoms with Gasteiger partial charge in [-0.25, -0.2) is 4.79 Å². The summed E-state index contributed by atoms with van der Waals surface area (Å²) < 4.78 is 6.16. The van der Waals surface area contributed by atoms with Crippen molar-refractivity contribution in [1.29, 1.82) is 0 Å². The summed E-state index contributed by atoms with van der Waals surface area (Å²) in [7, 11) is 0. The third-order valence-corrected chi connectivity index (χ3v) is 8.28. The first-order valence-corrected chi connectivity index (χ1v) is 11.7. The number of fused-ring (bicyclic) bond motifs is 1. The van der Waals surface area contributed by atoms with Gasteiger partial charge in [-0.2, -0.15) is 0 Å². The van der Waals surface area contributed by atoms with Crippen LogP contribution in [0.3, 0.4) is 0 Å². The third-order valence-electron chi connectivity index (χ3n) is 3.67. The van der Waals surface area contributed by atoms with Gasteiger partial charge in [-0.3, -0.25) is 14.5 Å². The zero-order valence-electron chi connectivity index (χ0n) is 14.1. The van der Waals surface area contributed by atoms with Gasteiger partial charge in [-0.05, 0) is 12.5 Å². The fourth-order valence-corrected chi connectivity index (χ4v) is 6.73. The normalized spacial score (nSPS) is 21.7. The fraction of sp³-hybridized carbons (Fsp3) is 0.500. The van der Waals surface area contributed by atoms with Crippen molar-refractivity contribution in [3.63, 3.8) is 0 Å². The number of carbonyl (C=O) groups excluding carboxylic acids is 2.